The Morgan fingerprint density at radius 3 is 2.61 bits per heavy atom. The maximum atomic E-state index is 11.8. The first-order valence-electron chi connectivity index (χ1n) is 6.23. The van der Waals surface area contributed by atoms with Crippen molar-refractivity contribution in [1.82, 2.24) is 5.32 Å². The van der Waals surface area contributed by atoms with Crippen LogP contribution in [0.5, 0.6) is 5.75 Å². The molecule has 18 heavy (non-hydrogen) atoms. The molecule has 0 amide bonds. The standard InChI is InChI=1S/C14H21NO3/c1-3-18-13-7-5-12(6-8-13)14(16)11-15-9-4-10-17-2/h5-8,15H,3-4,9-11H2,1-2H3. The van der Waals surface area contributed by atoms with Gasteiger partial charge in [0.05, 0.1) is 13.2 Å². The highest BCUT2D eigenvalue weighted by Crippen LogP contribution is 2.12. The number of ketones is 1. The van der Waals surface area contributed by atoms with Crippen LogP contribution in [0.4, 0.5) is 0 Å². The minimum Gasteiger partial charge on any atom is -0.494 e. The highest BCUT2D eigenvalue weighted by molar-refractivity contribution is 5.97. The summed E-state index contributed by atoms with van der Waals surface area (Å²) in [4.78, 5) is 11.8. The molecule has 0 aliphatic rings. The Labute approximate surface area is 108 Å². The Morgan fingerprint density at radius 2 is 2.00 bits per heavy atom. The van der Waals surface area contributed by atoms with E-state index in [1.807, 2.05) is 19.1 Å². The Morgan fingerprint density at radius 1 is 1.28 bits per heavy atom. The minimum atomic E-state index is 0.0930. The molecule has 0 aliphatic carbocycles. The van der Waals surface area contributed by atoms with Gasteiger partial charge in [-0.15, -0.1) is 0 Å². The van der Waals surface area contributed by atoms with E-state index in [4.69, 9.17) is 9.47 Å². The number of Topliss-reactive ketones (excluding diaryl/α,β-unsaturated/α-hetero) is 1. The summed E-state index contributed by atoms with van der Waals surface area (Å²) in [5.74, 6) is 0.887. The van der Waals surface area contributed by atoms with Gasteiger partial charge in [0, 0.05) is 19.3 Å². The molecule has 4 nitrogen and oxygen atoms in total. The molecule has 4 heteroatoms. The van der Waals surface area contributed by atoms with Crippen LogP contribution in [0.2, 0.25) is 0 Å². The van der Waals surface area contributed by atoms with Crippen molar-refractivity contribution in [1.29, 1.82) is 0 Å². The first-order chi connectivity index (χ1) is 8.77. The van der Waals surface area contributed by atoms with Crippen LogP contribution in [0, 0.1) is 0 Å². The molecule has 0 aromatic heterocycles. The molecule has 0 heterocycles. The summed E-state index contributed by atoms with van der Waals surface area (Å²) in [6.45, 7) is 4.43. The smallest absolute Gasteiger partial charge is 0.176 e. The van der Waals surface area contributed by atoms with E-state index in [0.717, 1.165) is 18.7 Å². The summed E-state index contributed by atoms with van der Waals surface area (Å²) in [6, 6.07) is 7.23. The van der Waals surface area contributed by atoms with E-state index in [0.29, 0.717) is 25.3 Å². The van der Waals surface area contributed by atoms with Gasteiger partial charge >= 0.3 is 0 Å². The Hall–Kier alpha value is -1.39. The number of methoxy groups -OCH3 is 1. The lowest BCUT2D eigenvalue weighted by molar-refractivity contribution is 0.0990. The predicted molar refractivity (Wildman–Crippen MR) is 71.3 cm³/mol. The van der Waals surface area contributed by atoms with Crippen molar-refractivity contribution in [3.05, 3.63) is 29.8 Å². The molecule has 1 aromatic rings. The molecular formula is C14H21NO3. The molecule has 0 radical (unpaired) electrons. The maximum Gasteiger partial charge on any atom is 0.176 e. The fraction of sp³-hybridized carbons (Fsp3) is 0.500. The number of ether oxygens (including phenoxy) is 2. The van der Waals surface area contributed by atoms with Crippen molar-refractivity contribution >= 4 is 5.78 Å². The van der Waals surface area contributed by atoms with Gasteiger partial charge in [0.1, 0.15) is 5.75 Å². The zero-order valence-electron chi connectivity index (χ0n) is 11.1. The van der Waals surface area contributed by atoms with Crippen molar-refractivity contribution in [2.24, 2.45) is 0 Å². The lowest BCUT2D eigenvalue weighted by Gasteiger charge is -2.06. The molecule has 1 N–H and O–H groups in total. The number of rotatable bonds is 9. The highest BCUT2D eigenvalue weighted by atomic mass is 16.5. The van der Waals surface area contributed by atoms with E-state index in [1.54, 1.807) is 19.2 Å². The fourth-order valence-electron chi connectivity index (χ4n) is 1.55. The summed E-state index contributed by atoms with van der Waals surface area (Å²) in [7, 11) is 1.67. The maximum absolute atomic E-state index is 11.8. The van der Waals surface area contributed by atoms with Crippen molar-refractivity contribution in [2.75, 3.05) is 33.4 Å². The first kappa shape index (κ1) is 14.7. The SMILES string of the molecule is CCOc1ccc(C(=O)CNCCCOC)cc1. The third-order valence-electron chi connectivity index (χ3n) is 2.47. The molecule has 0 unspecified atom stereocenters. The van der Waals surface area contributed by atoms with Gasteiger partial charge in [0.2, 0.25) is 0 Å². The summed E-state index contributed by atoms with van der Waals surface area (Å²) < 4.78 is 10.3. The van der Waals surface area contributed by atoms with Gasteiger partial charge in [-0.3, -0.25) is 4.79 Å². The summed E-state index contributed by atoms with van der Waals surface area (Å²) >= 11 is 0. The number of benzene rings is 1. The molecule has 0 bridgehead atoms. The summed E-state index contributed by atoms with van der Waals surface area (Å²) in [5.41, 5.74) is 0.706. The number of carbonyl (C=O) groups excluding carboxylic acids is 1. The Balaban J connectivity index is 2.32. The number of hydrogen-bond acceptors (Lipinski definition) is 4. The van der Waals surface area contributed by atoms with E-state index in [1.165, 1.54) is 0 Å². The molecule has 1 aromatic carbocycles. The van der Waals surface area contributed by atoms with Crippen LogP contribution in [-0.2, 0) is 4.74 Å². The van der Waals surface area contributed by atoms with E-state index >= 15 is 0 Å². The van der Waals surface area contributed by atoms with Crippen LogP contribution in [0.1, 0.15) is 23.7 Å². The number of nitrogens with one attached hydrogen (secondary N) is 1. The molecule has 0 saturated heterocycles. The third kappa shape index (κ3) is 5.29. The topological polar surface area (TPSA) is 47.6 Å². The molecule has 0 saturated carbocycles. The zero-order valence-corrected chi connectivity index (χ0v) is 11.1. The second kappa shape index (κ2) is 8.66. The van der Waals surface area contributed by atoms with Crippen molar-refractivity contribution in [3.8, 4) is 5.75 Å². The first-order valence-corrected chi connectivity index (χ1v) is 6.23. The monoisotopic (exact) mass is 251 g/mol. The largest absolute Gasteiger partial charge is 0.494 e. The van der Waals surface area contributed by atoms with E-state index in [2.05, 4.69) is 5.32 Å². The molecule has 0 aliphatic heterocycles. The van der Waals surface area contributed by atoms with Gasteiger partial charge < -0.3 is 14.8 Å². The van der Waals surface area contributed by atoms with E-state index in [-0.39, 0.29) is 5.78 Å². The van der Waals surface area contributed by atoms with Crippen LogP contribution in [0.25, 0.3) is 0 Å². The zero-order chi connectivity index (χ0) is 13.2. The van der Waals surface area contributed by atoms with Gasteiger partial charge in [-0.05, 0) is 44.2 Å². The highest BCUT2D eigenvalue weighted by Gasteiger charge is 2.05. The molecule has 100 valence electrons. The van der Waals surface area contributed by atoms with Crippen LogP contribution < -0.4 is 10.1 Å². The average Bonchev–Trinajstić information content (AvgIpc) is 2.39. The second-order valence-corrected chi connectivity index (χ2v) is 3.90. The van der Waals surface area contributed by atoms with Crippen LogP contribution in [0.15, 0.2) is 24.3 Å². The van der Waals surface area contributed by atoms with Gasteiger partial charge in [-0.25, -0.2) is 0 Å². The normalized spacial score (nSPS) is 10.3. The van der Waals surface area contributed by atoms with E-state index in [9.17, 15) is 4.79 Å². The van der Waals surface area contributed by atoms with Crippen molar-refractivity contribution < 1.29 is 14.3 Å². The molecule has 0 fully saturated rings. The van der Waals surface area contributed by atoms with Gasteiger partial charge in [0.25, 0.3) is 0 Å². The molecule has 0 spiro atoms. The van der Waals surface area contributed by atoms with Crippen molar-refractivity contribution in [3.63, 3.8) is 0 Å². The minimum absolute atomic E-state index is 0.0930. The summed E-state index contributed by atoms with van der Waals surface area (Å²) in [5, 5.41) is 3.10. The molecule has 0 atom stereocenters. The molecular weight excluding hydrogens is 230 g/mol. The Kier molecular flexibility index (Phi) is 7.06. The average molecular weight is 251 g/mol. The quantitative estimate of drug-likeness (QED) is 0.538. The van der Waals surface area contributed by atoms with Gasteiger partial charge in [-0.1, -0.05) is 0 Å². The second-order valence-electron chi connectivity index (χ2n) is 3.90. The van der Waals surface area contributed by atoms with Crippen LogP contribution in [0.3, 0.4) is 0 Å². The predicted octanol–water partition coefficient (Wildman–Crippen LogP) is 1.89. The van der Waals surface area contributed by atoms with E-state index < -0.39 is 0 Å². The van der Waals surface area contributed by atoms with Gasteiger partial charge in [0.15, 0.2) is 5.78 Å². The number of hydrogen-bond donors (Lipinski definition) is 1. The lowest BCUT2D eigenvalue weighted by atomic mass is 10.1. The van der Waals surface area contributed by atoms with Gasteiger partial charge in [-0.2, -0.15) is 0 Å². The molecule has 1 rings (SSSR count). The summed E-state index contributed by atoms with van der Waals surface area (Å²) in [6.07, 6.45) is 0.910. The third-order valence-corrected chi connectivity index (χ3v) is 2.47. The fourth-order valence-corrected chi connectivity index (χ4v) is 1.55. The lowest BCUT2D eigenvalue weighted by Crippen LogP contribution is -2.24. The van der Waals surface area contributed by atoms with Crippen LogP contribution in [-0.4, -0.2) is 39.2 Å². The van der Waals surface area contributed by atoms with Crippen molar-refractivity contribution in [2.45, 2.75) is 13.3 Å². The Bertz CT molecular complexity index is 349. The van der Waals surface area contributed by atoms with Crippen LogP contribution >= 0.6 is 0 Å². The number of carbonyl (C=O) groups is 1.